The summed E-state index contributed by atoms with van der Waals surface area (Å²) in [6, 6.07) is 5.47. The van der Waals surface area contributed by atoms with E-state index in [-0.39, 0.29) is 11.9 Å². The van der Waals surface area contributed by atoms with Crippen molar-refractivity contribution in [1.29, 1.82) is 0 Å². The molecular formula is C17H14ClF3N2O7. The molecule has 1 aromatic heterocycles. The lowest BCUT2D eigenvalue weighted by Crippen LogP contribution is -2.50. The summed E-state index contributed by atoms with van der Waals surface area (Å²) in [5.74, 6) is -1.27. The number of nitrogens with one attached hydrogen (secondary N) is 1. The second-order valence-electron chi connectivity index (χ2n) is 6.44. The van der Waals surface area contributed by atoms with Gasteiger partial charge in [0.2, 0.25) is 0 Å². The maximum atomic E-state index is 13.0. The Morgan fingerprint density at radius 2 is 1.97 bits per heavy atom. The number of esters is 1. The fraction of sp³-hybridized carbons (Fsp3) is 0.353. The highest BCUT2D eigenvalue weighted by molar-refractivity contribution is 6.30. The quantitative estimate of drug-likeness (QED) is 0.464. The first-order valence-corrected chi connectivity index (χ1v) is 8.72. The molecule has 1 aliphatic heterocycles. The first-order valence-electron chi connectivity index (χ1n) is 8.35. The highest BCUT2D eigenvalue weighted by Crippen LogP contribution is 2.38. The molecule has 0 radical (unpaired) electrons. The van der Waals surface area contributed by atoms with Gasteiger partial charge in [0.15, 0.2) is 5.60 Å². The molecule has 1 fully saturated rings. The molecule has 9 nitrogen and oxygen atoms in total. The molecule has 13 heteroatoms. The van der Waals surface area contributed by atoms with Gasteiger partial charge < -0.3 is 19.7 Å². The molecule has 30 heavy (non-hydrogen) atoms. The van der Waals surface area contributed by atoms with E-state index >= 15 is 0 Å². The van der Waals surface area contributed by atoms with Crippen LogP contribution in [0.4, 0.5) is 13.2 Å². The summed E-state index contributed by atoms with van der Waals surface area (Å²) in [6.45, 7) is -0.910. The minimum absolute atomic E-state index is 0.00136. The summed E-state index contributed by atoms with van der Waals surface area (Å²) in [5, 5.41) is 20.6. The summed E-state index contributed by atoms with van der Waals surface area (Å²) in [7, 11) is 0. The van der Waals surface area contributed by atoms with Gasteiger partial charge in [-0.15, -0.1) is 0 Å². The van der Waals surface area contributed by atoms with Gasteiger partial charge in [-0.1, -0.05) is 11.6 Å². The zero-order valence-electron chi connectivity index (χ0n) is 14.9. The molecule has 2 aromatic rings. The Balaban J connectivity index is 1.92. The number of aliphatic hydroxyl groups is 2. The van der Waals surface area contributed by atoms with Crippen molar-refractivity contribution >= 4 is 17.6 Å². The highest BCUT2D eigenvalue weighted by atomic mass is 35.5. The van der Waals surface area contributed by atoms with Crippen molar-refractivity contribution in [3.63, 3.8) is 0 Å². The molecule has 162 valence electrons. The first-order chi connectivity index (χ1) is 14.0. The van der Waals surface area contributed by atoms with Gasteiger partial charge in [-0.3, -0.25) is 14.3 Å². The molecule has 0 amide bonds. The van der Waals surface area contributed by atoms with Gasteiger partial charge >= 0.3 is 17.8 Å². The molecule has 0 aliphatic carbocycles. The summed E-state index contributed by atoms with van der Waals surface area (Å²) in [6.07, 6.45) is -8.79. The van der Waals surface area contributed by atoms with Gasteiger partial charge in [0, 0.05) is 17.6 Å². The number of H-pyrrole nitrogens is 1. The number of aromatic amines is 1. The molecule has 1 aliphatic rings. The molecule has 3 N–H and O–H groups in total. The monoisotopic (exact) mass is 450 g/mol. The predicted molar refractivity (Wildman–Crippen MR) is 94.0 cm³/mol. The normalized spacial score (nSPS) is 24.1. The van der Waals surface area contributed by atoms with Crippen LogP contribution in [0.2, 0.25) is 5.02 Å². The second-order valence-corrected chi connectivity index (χ2v) is 6.88. The zero-order chi connectivity index (χ0) is 22.3. The van der Waals surface area contributed by atoms with Crippen molar-refractivity contribution in [3.05, 3.63) is 61.9 Å². The zero-order valence-corrected chi connectivity index (χ0v) is 15.6. The van der Waals surface area contributed by atoms with Crippen LogP contribution in [0.5, 0.6) is 5.75 Å². The molecule has 0 unspecified atom stereocenters. The topological polar surface area (TPSA) is 131 Å². The maximum Gasteiger partial charge on any atom is 0.423 e. The third-order valence-corrected chi connectivity index (χ3v) is 4.72. The van der Waals surface area contributed by atoms with Crippen molar-refractivity contribution in [2.75, 3.05) is 6.61 Å². The fourth-order valence-electron chi connectivity index (χ4n) is 2.92. The van der Waals surface area contributed by atoms with Crippen LogP contribution in [0.15, 0.2) is 40.1 Å². The highest BCUT2D eigenvalue weighted by Gasteiger charge is 2.55. The number of aliphatic hydroxyl groups excluding tert-OH is 1. The lowest BCUT2D eigenvalue weighted by Gasteiger charge is -2.24. The number of hydrogen-bond donors (Lipinski definition) is 3. The van der Waals surface area contributed by atoms with Crippen LogP contribution < -0.4 is 16.0 Å². The smallest absolute Gasteiger partial charge is 0.423 e. The maximum absolute atomic E-state index is 13.0. The lowest BCUT2D eigenvalue weighted by molar-refractivity contribution is -0.164. The van der Waals surface area contributed by atoms with Gasteiger partial charge in [0.1, 0.15) is 23.6 Å². The average Bonchev–Trinajstić information content (AvgIpc) is 3.00. The van der Waals surface area contributed by atoms with Crippen molar-refractivity contribution in [1.82, 2.24) is 9.55 Å². The molecule has 0 spiro atoms. The third-order valence-electron chi connectivity index (χ3n) is 4.47. The van der Waals surface area contributed by atoms with Crippen LogP contribution in [0.3, 0.4) is 0 Å². The molecule has 0 saturated carbocycles. The number of carbonyl (C=O) groups excluding carboxylic acids is 1. The fourth-order valence-corrected chi connectivity index (χ4v) is 3.05. The summed E-state index contributed by atoms with van der Waals surface area (Å²) >= 11 is 5.73. The first kappa shape index (κ1) is 22.0. The summed E-state index contributed by atoms with van der Waals surface area (Å²) in [5.41, 5.74) is -7.08. The van der Waals surface area contributed by atoms with Crippen LogP contribution in [-0.4, -0.2) is 44.0 Å². The number of halogens is 4. The number of benzene rings is 1. The number of aromatic nitrogens is 2. The van der Waals surface area contributed by atoms with Gasteiger partial charge in [0.25, 0.3) is 5.56 Å². The van der Waals surface area contributed by atoms with E-state index in [4.69, 9.17) is 21.1 Å². The Morgan fingerprint density at radius 3 is 2.53 bits per heavy atom. The Labute approximate surface area is 170 Å². The van der Waals surface area contributed by atoms with Crippen molar-refractivity contribution < 1.29 is 37.7 Å². The van der Waals surface area contributed by atoms with Gasteiger partial charge in [-0.25, -0.2) is 9.59 Å². The van der Waals surface area contributed by atoms with Crippen LogP contribution in [0.25, 0.3) is 0 Å². The van der Waals surface area contributed by atoms with Crippen molar-refractivity contribution in [3.8, 4) is 5.75 Å². The molecule has 1 saturated heterocycles. The largest absolute Gasteiger partial charge is 0.424 e. The minimum atomic E-state index is -5.07. The molecule has 1 aromatic carbocycles. The molecule has 0 bridgehead atoms. The summed E-state index contributed by atoms with van der Waals surface area (Å²) < 4.78 is 49.6. The van der Waals surface area contributed by atoms with Crippen LogP contribution in [0.1, 0.15) is 18.2 Å². The van der Waals surface area contributed by atoms with E-state index in [1.807, 2.05) is 0 Å². The van der Waals surface area contributed by atoms with E-state index < -0.39 is 59.9 Å². The average molecular weight is 451 g/mol. The van der Waals surface area contributed by atoms with Crippen LogP contribution in [0, 0.1) is 0 Å². The number of hydrogen-bond acceptors (Lipinski definition) is 7. The van der Waals surface area contributed by atoms with Crippen LogP contribution >= 0.6 is 11.6 Å². The predicted octanol–water partition coefficient (Wildman–Crippen LogP) is 0.825. The number of carbonyl (C=O) groups is 1. The van der Waals surface area contributed by atoms with Crippen molar-refractivity contribution in [2.24, 2.45) is 0 Å². The number of nitrogens with zero attached hydrogens (tertiary/aromatic N) is 1. The number of ether oxygens (including phenoxy) is 2. The Hall–Kier alpha value is -2.67. The van der Waals surface area contributed by atoms with E-state index in [0.29, 0.717) is 9.59 Å². The second kappa shape index (κ2) is 7.87. The van der Waals surface area contributed by atoms with Gasteiger partial charge in [-0.05, 0) is 24.3 Å². The number of rotatable bonds is 4. The third kappa shape index (κ3) is 4.12. The Bertz CT molecular complexity index is 1070. The van der Waals surface area contributed by atoms with Crippen molar-refractivity contribution in [2.45, 2.75) is 30.5 Å². The van der Waals surface area contributed by atoms with E-state index in [9.17, 15) is 37.8 Å². The van der Waals surface area contributed by atoms with E-state index in [1.54, 1.807) is 0 Å². The van der Waals surface area contributed by atoms with E-state index in [0.717, 1.165) is 0 Å². The van der Waals surface area contributed by atoms with E-state index in [1.165, 1.54) is 29.2 Å². The van der Waals surface area contributed by atoms with Gasteiger partial charge in [0.05, 0.1) is 6.61 Å². The lowest BCUT2D eigenvalue weighted by atomic mass is 9.95. The summed E-state index contributed by atoms with van der Waals surface area (Å²) in [4.78, 5) is 37.4. The SMILES string of the molecule is O=C(Oc1ccc(Cl)cc1)[C@]1(O)C[C@H](n2cc(C(F)(F)F)c(=O)[nH]c2=O)O[C@@H]1CO. The Morgan fingerprint density at radius 1 is 1.33 bits per heavy atom. The standard InChI is InChI=1S/C17H14ClF3N2O7/c18-8-1-3-9(4-2-8)29-14(26)16(28)5-12(30-11(16)7-24)23-6-10(17(19,20)21)13(25)22-15(23)27/h1-4,6,11-12,24,28H,5,7H2,(H,22,25,27)/t11-,12-,16+/m1/s1. The van der Waals surface area contributed by atoms with E-state index in [2.05, 4.69) is 0 Å². The number of alkyl halides is 3. The van der Waals surface area contributed by atoms with Crippen LogP contribution in [-0.2, 0) is 15.7 Å². The minimum Gasteiger partial charge on any atom is -0.424 e. The molecule has 3 atom stereocenters. The molecular weight excluding hydrogens is 437 g/mol. The molecule has 2 heterocycles. The van der Waals surface area contributed by atoms with Gasteiger partial charge in [-0.2, -0.15) is 13.2 Å². The Kier molecular flexibility index (Phi) is 5.78. The molecule has 3 rings (SSSR count).